The lowest BCUT2D eigenvalue weighted by molar-refractivity contribution is -0.141. The fourth-order valence-electron chi connectivity index (χ4n) is 1.39. The number of nitrogens with one attached hydrogen (secondary N) is 1. The second-order valence-corrected chi connectivity index (χ2v) is 4.22. The van der Waals surface area contributed by atoms with Crippen LogP contribution in [-0.4, -0.2) is 30.1 Å². The van der Waals surface area contributed by atoms with Gasteiger partial charge in [-0.2, -0.15) is 39.5 Å². The molecule has 3 nitrogen and oxygen atoms in total. The van der Waals surface area contributed by atoms with Crippen LogP contribution in [0.5, 0.6) is 0 Å². The molecule has 0 aliphatic carbocycles. The van der Waals surface area contributed by atoms with Gasteiger partial charge in [0, 0.05) is 7.05 Å². The number of allylic oxidation sites excluding steroid dienone is 2. The third-order valence-electron chi connectivity index (χ3n) is 2.45. The van der Waals surface area contributed by atoms with Gasteiger partial charge >= 0.3 is 18.5 Å². The molecule has 24 heavy (non-hydrogen) atoms. The van der Waals surface area contributed by atoms with E-state index >= 15 is 0 Å². The summed E-state index contributed by atoms with van der Waals surface area (Å²) in [5.41, 5.74) is -5.62. The lowest BCUT2D eigenvalue weighted by atomic mass is 10.2. The number of aliphatic imine (C=N–C) groups is 1. The third kappa shape index (κ3) is 5.42. The van der Waals surface area contributed by atoms with Gasteiger partial charge in [-0.15, -0.1) is 0 Å². The number of nitrogens with zero attached hydrogens (tertiary/aromatic N) is 2. The Morgan fingerprint density at radius 3 is 1.92 bits per heavy atom. The van der Waals surface area contributed by atoms with Gasteiger partial charge in [0.1, 0.15) is 17.1 Å². The van der Waals surface area contributed by atoms with E-state index in [2.05, 4.69) is 9.98 Å². The summed E-state index contributed by atoms with van der Waals surface area (Å²) in [5.74, 6) is 0. The van der Waals surface area contributed by atoms with Crippen molar-refractivity contribution in [3.8, 4) is 0 Å². The Kier molecular flexibility index (Phi) is 5.51. The van der Waals surface area contributed by atoms with Crippen LogP contribution in [0.15, 0.2) is 35.1 Å². The SMILES string of the molecule is C/N=C(/C=C(\Nc1ccc(C(F)(F)F)nc1)C(F)(F)F)C(F)(F)F. The topological polar surface area (TPSA) is 37.3 Å². The van der Waals surface area contributed by atoms with E-state index < -0.39 is 41.3 Å². The van der Waals surface area contributed by atoms with Gasteiger partial charge in [0.15, 0.2) is 0 Å². The second kappa shape index (κ2) is 6.69. The Morgan fingerprint density at radius 1 is 1.00 bits per heavy atom. The van der Waals surface area contributed by atoms with Crippen LogP contribution in [0.25, 0.3) is 0 Å². The molecule has 0 bridgehead atoms. The van der Waals surface area contributed by atoms with Crippen molar-refractivity contribution in [1.82, 2.24) is 4.98 Å². The van der Waals surface area contributed by atoms with Gasteiger partial charge in [0.25, 0.3) is 0 Å². The number of hydrogen-bond donors (Lipinski definition) is 1. The number of hydrogen-bond acceptors (Lipinski definition) is 3. The quantitative estimate of drug-likeness (QED) is 0.628. The van der Waals surface area contributed by atoms with E-state index in [0.717, 1.165) is 0 Å². The number of pyridine rings is 1. The van der Waals surface area contributed by atoms with Crippen LogP contribution in [-0.2, 0) is 6.18 Å². The first-order chi connectivity index (χ1) is 10.7. The van der Waals surface area contributed by atoms with Gasteiger partial charge in [0.2, 0.25) is 0 Å². The summed E-state index contributed by atoms with van der Waals surface area (Å²) in [6.07, 6.45) is -15.1. The molecule has 12 heteroatoms. The van der Waals surface area contributed by atoms with Crippen molar-refractivity contribution in [2.45, 2.75) is 18.5 Å². The Hall–Kier alpha value is -2.27. The van der Waals surface area contributed by atoms with Crippen molar-refractivity contribution in [3.05, 3.63) is 35.8 Å². The molecule has 0 radical (unpaired) electrons. The van der Waals surface area contributed by atoms with Gasteiger partial charge < -0.3 is 5.32 Å². The van der Waals surface area contributed by atoms with Gasteiger partial charge in [-0.05, 0) is 18.2 Å². The number of aromatic nitrogens is 1. The number of anilines is 1. The molecule has 0 aliphatic heterocycles. The summed E-state index contributed by atoms with van der Waals surface area (Å²) in [6.45, 7) is 0. The maximum Gasteiger partial charge on any atom is 0.433 e. The molecule has 1 aromatic heterocycles. The first kappa shape index (κ1) is 19.8. The smallest absolute Gasteiger partial charge is 0.350 e. The van der Waals surface area contributed by atoms with Crippen LogP contribution in [0, 0.1) is 0 Å². The number of rotatable bonds is 3. The molecule has 1 rings (SSSR count). The molecule has 0 unspecified atom stereocenters. The van der Waals surface area contributed by atoms with Crippen LogP contribution >= 0.6 is 0 Å². The van der Waals surface area contributed by atoms with Crippen LogP contribution in [0.2, 0.25) is 0 Å². The van der Waals surface area contributed by atoms with Crippen LogP contribution in [0.1, 0.15) is 5.69 Å². The maximum absolute atomic E-state index is 12.8. The molecule has 0 aliphatic rings. The van der Waals surface area contributed by atoms with Crippen molar-refractivity contribution in [1.29, 1.82) is 0 Å². The van der Waals surface area contributed by atoms with E-state index in [-0.39, 0.29) is 6.08 Å². The minimum absolute atomic E-state index is 0.294. The molecule has 1 heterocycles. The molecule has 1 aromatic rings. The molecule has 0 saturated heterocycles. The highest BCUT2D eigenvalue weighted by molar-refractivity contribution is 6.00. The minimum Gasteiger partial charge on any atom is -0.350 e. The van der Waals surface area contributed by atoms with Gasteiger partial charge in [0.05, 0.1) is 11.9 Å². The van der Waals surface area contributed by atoms with Gasteiger partial charge in [-0.3, -0.25) is 4.99 Å². The molecular formula is C12H8F9N3. The highest BCUT2D eigenvalue weighted by Crippen LogP contribution is 2.31. The molecule has 0 atom stereocenters. The largest absolute Gasteiger partial charge is 0.433 e. The molecule has 0 aromatic carbocycles. The molecule has 0 amide bonds. The molecule has 0 fully saturated rings. The zero-order chi connectivity index (χ0) is 18.8. The van der Waals surface area contributed by atoms with E-state index in [1.54, 1.807) is 5.32 Å². The van der Waals surface area contributed by atoms with Crippen molar-refractivity contribution >= 4 is 11.4 Å². The Bertz CT molecular complexity index is 621. The molecular weight excluding hydrogens is 357 g/mol. The summed E-state index contributed by atoms with van der Waals surface area (Å²) >= 11 is 0. The highest BCUT2D eigenvalue weighted by atomic mass is 19.4. The third-order valence-corrected chi connectivity index (χ3v) is 2.45. The van der Waals surface area contributed by atoms with Crippen molar-refractivity contribution in [3.63, 3.8) is 0 Å². The number of alkyl halides is 9. The van der Waals surface area contributed by atoms with Crippen molar-refractivity contribution in [2.24, 2.45) is 4.99 Å². The van der Waals surface area contributed by atoms with Gasteiger partial charge in [-0.25, -0.2) is 4.98 Å². The minimum atomic E-state index is -5.23. The fraction of sp³-hybridized carbons (Fsp3) is 0.333. The summed E-state index contributed by atoms with van der Waals surface area (Å²) in [4.78, 5) is 5.61. The van der Waals surface area contributed by atoms with E-state index in [4.69, 9.17) is 0 Å². The Balaban J connectivity index is 3.17. The average molecular weight is 365 g/mol. The van der Waals surface area contributed by atoms with Crippen molar-refractivity contribution < 1.29 is 39.5 Å². The first-order valence-corrected chi connectivity index (χ1v) is 5.88. The fourth-order valence-corrected chi connectivity index (χ4v) is 1.39. The summed E-state index contributed by atoms with van der Waals surface area (Å²) in [5, 5.41) is 1.56. The molecule has 0 spiro atoms. The predicted octanol–water partition coefficient (Wildman–Crippen LogP) is 4.59. The maximum atomic E-state index is 12.8. The Labute approximate surface area is 128 Å². The zero-order valence-electron chi connectivity index (χ0n) is 11.6. The average Bonchev–Trinajstić information content (AvgIpc) is 2.40. The highest BCUT2D eigenvalue weighted by Gasteiger charge is 2.40. The Morgan fingerprint density at radius 2 is 1.58 bits per heavy atom. The van der Waals surface area contributed by atoms with E-state index in [9.17, 15) is 39.5 Å². The van der Waals surface area contributed by atoms with Crippen LogP contribution in [0.3, 0.4) is 0 Å². The molecule has 1 N–H and O–H groups in total. The summed E-state index contributed by atoms with van der Waals surface area (Å²) in [7, 11) is 0.646. The van der Waals surface area contributed by atoms with Gasteiger partial charge in [-0.1, -0.05) is 0 Å². The second-order valence-electron chi connectivity index (χ2n) is 4.22. The normalized spacial score (nSPS) is 14.8. The number of halogens is 9. The lowest BCUT2D eigenvalue weighted by Gasteiger charge is -2.16. The predicted molar refractivity (Wildman–Crippen MR) is 66.4 cm³/mol. The molecule has 0 saturated carbocycles. The van der Waals surface area contributed by atoms with Crippen LogP contribution < -0.4 is 5.32 Å². The first-order valence-electron chi connectivity index (χ1n) is 5.88. The monoisotopic (exact) mass is 365 g/mol. The lowest BCUT2D eigenvalue weighted by Crippen LogP contribution is -2.26. The zero-order valence-corrected chi connectivity index (χ0v) is 11.6. The standard InChI is InChI=1S/C12H8F9N3/c1-22-8(11(16,17)18)4-9(12(19,20)21)24-6-2-3-7(23-5-6)10(13,14)15/h2-5,24H,1H3/b9-4-,22-8-. The van der Waals surface area contributed by atoms with E-state index in [1.165, 1.54) is 0 Å². The van der Waals surface area contributed by atoms with Crippen molar-refractivity contribution in [2.75, 3.05) is 12.4 Å². The summed E-state index contributed by atoms with van der Waals surface area (Å²) < 4.78 is 113. The summed E-state index contributed by atoms with van der Waals surface area (Å²) in [6, 6.07) is 0.987. The van der Waals surface area contributed by atoms with E-state index in [1.807, 2.05) is 0 Å². The van der Waals surface area contributed by atoms with Crippen LogP contribution in [0.4, 0.5) is 45.2 Å². The molecule has 134 valence electrons. The van der Waals surface area contributed by atoms with E-state index in [0.29, 0.717) is 25.4 Å².